The van der Waals surface area contributed by atoms with E-state index < -0.39 is 0 Å². The molecule has 20 heavy (non-hydrogen) atoms. The largest absolute Gasteiger partial charge is 0.373 e. The van der Waals surface area contributed by atoms with E-state index in [1.807, 2.05) is 0 Å². The second-order valence-corrected chi connectivity index (χ2v) is 6.85. The summed E-state index contributed by atoms with van der Waals surface area (Å²) in [6, 6.07) is 0. The summed E-state index contributed by atoms with van der Waals surface area (Å²) < 4.78 is 10.8. The third-order valence-electron chi connectivity index (χ3n) is 4.27. The molecule has 0 aromatic rings. The summed E-state index contributed by atoms with van der Waals surface area (Å²) >= 11 is 0. The molecule has 0 aliphatic carbocycles. The van der Waals surface area contributed by atoms with Crippen molar-refractivity contribution in [2.45, 2.75) is 89.9 Å². The number of allylic oxidation sites excluding steroid dienone is 1. The Bertz CT molecular complexity index is 281. The SMILES string of the molecule is CC(C)CCCCCCCC=CCC1OC1CC1CO1. The van der Waals surface area contributed by atoms with Crippen LogP contribution in [0.3, 0.4) is 0 Å². The van der Waals surface area contributed by atoms with E-state index in [0.717, 1.165) is 25.4 Å². The topological polar surface area (TPSA) is 25.1 Å². The van der Waals surface area contributed by atoms with Gasteiger partial charge in [0.05, 0.1) is 24.9 Å². The van der Waals surface area contributed by atoms with E-state index in [2.05, 4.69) is 26.0 Å². The van der Waals surface area contributed by atoms with Crippen LogP contribution in [0, 0.1) is 5.92 Å². The molecular weight excluding hydrogens is 248 g/mol. The molecule has 116 valence electrons. The molecule has 0 aromatic carbocycles. The molecule has 0 aromatic heterocycles. The number of rotatable bonds is 12. The summed E-state index contributed by atoms with van der Waals surface area (Å²) in [5.74, 6) is 0.873. The van der Waals surface area contributed by atoms with Crippen molar-refractivity contribution in [3.63, 3.8) is 0 Å². The summed E-state index contributed by atoms with van der Waals surface area (Å²) in [5.41, 5.74) is 0. The first-order valence-corrected chi connectivity index (χ1v) is 8.67. The maximum atomic E-state index is 5.63. The molecule has 2 fully saturated rings. The average Bonchev–Trinajstić information content (AvgIpc) is 3.31. The Morgan fingerprint density at radius 1 is 1.00 bits per heavy atom. The van der Waals surface area contributed by atoms with Crippen molar-refractivity contribution in [3.8, 4) is 0 Å². The van der Waals surface area contributed by atoms with Crippen LogP contribution >= 0.6 is 0 Å². The fourth-order valence-corrected chi connectivity index (χ4v) is 2.75. The molecule has 2 nitrogen and oxygen atoms in total. The lowest BCUT2D eigenvalue weighted by molar-refractivity contribution is 0.332. The van der Waals surface area contributed by atoms with Crippen molar-refractivity contribution in [3.05, 3.63) is 12.2 Å². The molecule has 2 aliphatic rings. The average molecular weight is 280 g/mol. The Morgan fingerprint density at radius 3 is 2.50 bits per heavy atom. The van der Waals surface area contributed by atoms with Crippen LogP contribution in [0.2, 0.25) is 0 Å². The van der Waals surface area contributed by atoms with Crippen molar-refractivity contribution in [2.24, 2.45) is 5.92 Å². The van der Waals surface area contributed by atoms with Crippen LogP contribution in [0.15, 0.2) is 12.2 Å². The Labute approximate surface area is 124 Å². The fourth-order valence-electron chi connectivity index (χ4n) is 2.75. The maximum Gasteiger partial charge on any atom is 0.0877 e. The van der Waals surface area contributed by atoms with Crippen LogP contribution in [-0.2, 0) is 9.47 Å². The van der Waals surface area contributed by atoms with Gasteiger partial charge in [0, 0.05) is 6.42 Å². The fraction of sp³-hybridized carbons (Fsp3) is 0.889. The molecule has 0 N–H and O–H groups in total. The summed E-state index contributed by atoms with van der Waals surface area (Å²) in [4.78, 5) is 0. The normalized spacial score (nSPS) is 28.4. The first-order chi connectivity index (χ1) is 9.75. The van der Waals surface area contributed by atoms with Gasteiger partial charge in [0.2, 0.25) is 0 Å². The zero-order chi connectivity index (χ0) is 14.2. The van der Waals surface area contributed by atoms with Crippen LogP contribution in [0.1, 0.15) is 71.6 Å². The van der Waals surface area contributed by atoms with Crippen LogP contribution < -0.4 is 0 Å². The van der Waals surface area contributed by atoms with Gasteiger partial charge in [0.1, 0.15) is 0 Å². The molecule has 3 atom stereocenters. The molecule has 0 saturated carbocycles. The van der Waals surface area contributed by atoms with Crippen molar-refractivity contribution in [2.75, 3.05) is 6.61 Å². The molecular formula is C18H32O2. The van der Waals surface area contributed by atoms with Gasteiger partial charge in [-0.2, -0.15) is 0 Å². The van der Waals surface area contributed by atoms with Gasteiger partial charge >= 0.3 is 0 Å². The second kappa shape index (κ2) is 8.84. The summed E-state index contributed by atoms with van der Waals surface area (Å²) in [6.45, 7) is 5.59. The lowest BCUT2D eigenvalue weighted by atomic mass is 10.0. The van der Waals surface area contributed by atoms with Crippen LogP contribution in [0.25, 0.3) is 0 Å². The monoisotopic (exact) mass is 280 g/mol. The Balaban J connectivity index is 1.32. The minimum absolute atomic E-state index is 0.492. The second-order valence-electron chi connectivity index (χ2n) is 6.85. The van der Waals surface area contributed by atoms with E-state index in [0.29, 0.717) is 18.3 Å². The number of epoxide rings is 2. The Kier molecular flexibility index (Phi) is 7.09. The molecule has 0 spiro atoms. The van der Waals surface area contributed by atoms with Crippen LogP contribution in [0.5, 0.6) is 0 Å². The zero-order valence-corrected chi connectivity index (χ0v) is 13.4. The third kappa shape index (κ3) is 7.44. The van der Waals surface area contributed by atoms with Gasteiger partial charge < -0.3 is 9.47 Å². The molecule has 2 heterocycles. The van der Waals surface area contributed by atoms with Crippen molar-refractivity contribution in [1.29, 1.82) is 0 Å². The highest BCUT2D eigenvalue weighted by molar-refractivity contribution is 4.96. The minimum atomic E-state index is 0.492. The van der Waals surface area contributed by atoms with Gasteiger partial charge in [-0.05, 0) is 25.2 Å². The van der Waals surface area contributed by atoms with Crippen molar-refractivity contribution < 1.29 is 9.47 Å². The van der Waals surface area contributed by atoms with E-state index in [1.54, 1.807) is 0 Å². The minimum Gasteiger partial charge on any atom is -0.373 e. The number of ether oxygens (including phenoxy) is 2. The maximum absolute atomic E-state index is 5.63. The predicted molar refractivity (Wildman–Crippen MR) is 83.9 cm³/mol. The number of unbranched alkanes of at least 4 members (excludes halogenated alkanes) is 5. The first-order valence-electron chi connectivity index (χ1n) is 8.67. The van der Waals surface area contributed by atoms with Gasteiger partial charge in [-0.25, -0.2) is 0 Å². The molecule has 2 heteroatoms. The van der Waals surface area contributed by atoms with Gasteiger partial charge in [0.15, 0.2) is 0 Å². The van der Waals surface area contributed by atoms with Crippen molar-refractivity contribution in [1.82, 2.24) is 0 Å². The van der Waals surface area contributed by atoms with E-state index in [-0.39, 0.29) is 0 Å². The lowest BCUT2D eigenvalue weighted by Crippen LogP contribution is -1.97. The van der Waals surface area contributed by atoms with Gasteiger partial charge in [-0.1, -0.05) is 58.1 Å². The summed E-state index contributed by atoms with van der Waals surface area (Å²) in [6.07, 6.45) is 18.0. The molecule has 2 saturated heterocycles. The van der Waals surface area contributed by atoms with E-state index >= 15 is 0 Å². The Morgan fingerprint density at radius 2 is 1.75 bits per heavy atom. The Hall–Kier alpha value is -0.340. The smallest absolute Gasteiger partial charge is 0.0877 e. The lowest BCUT2D eigenvalue weighted by Gasteiger charge is -2.03. The van der Waals surface area contributed by atoms with Gasteiger partial charge in [0.25, 0.3) is 0 Å². The molecule has 0 bridgehead atoms. The predicted octanol–water partition coefficient (Wildman–Crippen LogP) is 4.88. The molecule has 2 aliphatic heterocycles. The molecule has 0 amide bonds. The molecule has 2 rings (SSSR count). The van der Waals surface area contributed by atoms with E-state index in [4.69, 9.17) is 9.47 Å². The van der Waals surface area contributed by atoms with Crippen LogP contribution in [-0.4, -0.2) is 24.9 Å². The highest BCUT2D eigenvalue weighted by atomic mass is 16.6. The number of hydrogen-bond donors (Lipinski definition) is 0. The van der Waals surface area contributed by atoms with E-state index in [1.165, 1.54) is 44.9 Å². The molecule has 0 radical (unpaired) electrons. The van der Waals surface area contributed by atoms with Crippen molar-refractivity contribution >= 4 is 0 Å². The zero-order valence-electron chi connectivity index (χ0n) is 13.4. The third-order valence-corrected chi connectivity index (χ3v) is 4.27. The first kappa shape index (κ1) is 16.0. The standard InChI is InChI=1S/C18H32O2/c1-15(2)11-9-7-5-3-4-6-8-10-12-17-18(20-17)13-16-14-19-16/h8,10,15-18H,3-7,9,11-14H2,1-2H3. The number of hydrogen-bond acceptors (Lipinski definition) is 2. The highest BCUT2D eigenvalue weighted by Gasteiger charge is 2.42. The van der Waals surface area contributed by atoms with E-state index in [9.17, 15) is 0 Å². The van der Waals surface area contributed by atoms with Gasteiger partial charge in [-0.15, -0.1) is 0 Å². The summed E-state index contributed by atoms with van der Waals surface area (Å²) in [7, 11) is 0. The summed E-state index contributed by atoms with van der Waals surface area (Å²) in [5, 5.41) is 0. The van der Waals surface area contributed by atoms with Crippen LogP contribution in [0.4, 0.5) is 0 Å². The highest BCUT2D eigenvalue weighted by Crippen LogP contribution is 2.33. The van der Waals surface area contributed by atoms with Gasteiger partial charge in [-0.3, -0.25) is 0 Å². The molecule has 3 unspecified atom stereocenters. The quantitative estimate of drug-likeness (QED) is 0.289.